The molecule has 0 fully saturated rings. The van der Waals surface area contributed by atoms with E-state index < -0.39 is 6.10 Å². The Labute approximate surface area is 477 Å². The molecule has 0 radical (unpaired) electrons. The molecule has 1 unspecified atom stereocenters. The van der Waals surface area contributed by atoms with E-state index >= 15 is 0 Å². The second kappa shape index (κ2) is 64.9. The van der Waals surface area contributed by atoms with Crippen molar-refractivity contribution in [2.24, 2.45) is 0 Å². The van der Waals surface area contributed by atoms with E-state index in [4.69, 9.17) is 14.2 Å². The molecule has 442 valence electrons. The van der Waals surface area contributed by atoms with Gasteiger partial charge < -0.3 is 14.2 Å². The van der Waals surface area contributed by atoms with Gasteiger partial charge in [0.05, 0.1) is 0 Å². The first-order chi connectivity index (χ1) is 38.0. The Hall–Kier alpha value is -3.67. The van der Waals surface area contributed by atoms with Gasteiger partial charge in [0.15, 0.2) is 6.10 Å². The topological polar surface area (TPSA) is 78.9 Å². The molecule has 0 saturated carbocycles. The Morgan fingerprint density at radius 3 is 0.792 bits per heavy atom. The molecule has 0 aliphatic carbocycles. The number of carbonyl (C=O) groups is 3. The normalized spacial score (nSPS) is 12.7. The van der Waals surface area contributed by atoms with Gasteiger partial charge in [0.1, 0.15) is 13.2 Å². The van der Waals surface area contributed by atoms with Crippen molar-refractivity contribution in [3.8, 4) is 0 Å². The summed E-state index contributed by atoms with van der Waals surface area (Å²) in [6.45, 7) is 6.51. The van der Waals surface area contributed by atoms with Crippen LogP contribution >= 0.6 is 0 Å². The predicted octanol–water partition coefficient (Wildman–Crippen LogP) is 22.4. The Balaban J connectivity index is 4.32. The number of hydrogen-bond donors (Lipinski definition) is 0. The number of rotatable bonds is 59. The maximum absolute atomic E-state index is 12.9. The SMILES string of the molecule is CC/C=C\C/C=C\C/C=C\C/C=C\C/C=C\C/C=C\C/C=C\C/C=C\CCCCC(=O)OCC(COC(=O)CCCCCCCCCCCC)OC(=O)CCCCCCCCCCCCCCCCCCCCCCCC. The molecule has 0 aromatic rings. The molecule has 0 spiro atoms. The zero-order valence-electron chi connectivity index (χ0n) is 50.7. The van der Waals surface area contributed by atoms with Crippen LogP contribution in [-0.4, -0.2) is 37.2 Å². The third-order valence-corrected chi connectivity index (χ3v) is 14.1. The average Bonchev–Trinajstić information content (AvgIpc) is 3.43. The lowest BCUT2D eigenvalue weighted by Gasteiger charge is -2.18. The highest BCUT2D eigenvalue weighted by Crippen LogP contribution is 2.17. The van der Waals surface area contributed by atoms with E-state index in [1.54, 1.807) is 0 Å². The van der Waals surface area contributed by atoms with Crippen LogP contribution in [0.15, 0.2) is 97.2 Å². The van der Waals surface area contributed by atoms with Crippen molar-refractivity contribution in [3.05, 3.63) is 97.2 Å². The molecule has 0 aliphatic heterocycles. The number of hydrogen-bond acceptors (Lipinski definition) is 6. The molecule has 0 bridgehead atoms. The number of carbonyl (C=O) groups excluding carboxylic acids is 3. The first kappa shape index (κ1) is 73.3. The Bertz CT molecular complexity index is 1510. The molecule has 0 rings (SSSR count). The summed E-state index contributed by atoms with van der Waals surface area (Å²) in [6.07, 6.45) is 87.1. The Kier molecular flexibility index (Phi) is 61.8. The summed E-state index contributed by atoms with van der Waals surface area (Å²) in [5.41, 5.74) is 0. The van der Waals surface area contributed by atoms with Crippen molar-refractivity contribution in [2.75, 3.05) is 13.2 Å². The predicted molar refractivity (Wildman–Crippen MR) is 334 cm³/mol. The molecular formula is C71H122O6. The van der Waals surface area contributed by atoms with Crippen LogP contribution in [0.5, 0.6) is 0 Å². The van der Waals surface area contributed by atoms with Crippen molar-refractivity contribution < 1.29 is 28.6 Å². The van der Waals surface area contributed by atoms with Gasteiger partial charge in [-0.2, -0.15) is 0 Å². The van der Waals surface area contributed by atoms with Gasteiger partial charge in [0, 0.05) is 19.3 Å². The molecule has 0 N–H and O–H groups in total. The fourth-order valence-corrected chi connectivity index (χ4v) is 9.23. The average molecular weight is 1070 g/mol. The minimum Gasteiger partial charge on any atom is -0.462 e. The van der Waals surface area contributed by atoms with Crippen LogP contribution in [0, 0.1) is 0 Å². The van der Waals surface area contributed by atoms with Gasteiger partial charge in [0.2, 0.25) is 0 Å². The molecule has 0 amide bonds. The molecule has 6 nitrogen and oxygen atoms in total. The zero-order valence-corrected chi connectivity index (χ0v) is 50.7. The van der Waals surface area contributed by atoms with Crippen LogP contribution in [-0.2, 0) is 28.6 Å². The van der Waals surface area contributed by atoms with Crippen LogP contribution in [0.1, 0.15) is 316 Å². The van der Waals surface area contributed by atoms with Gasteiger partial charge in [0.25, 0.3) is 0 Å². The van der Waals surface area contributed by atoms with Gasteiger partial charge in [-0.1, -0.05) is 311 Å². The fourth-order valence-electron chi connectivity index (χ4n) is 9.23. The lowest BCUT2D eigenvalue weighted by molar-refractivity contribution is -0.167. The van der Waals surface area contributed by atoms with Crippen molar-refractivity contribution in [1.29, 1.82) is 0 Å². The number of unbranched alkanes of at least 4 members (excludes halogenated alkanes) is 32. The Morgan fingerprint density at radius 2 is 0.506 bits per heavy atom. The lowest BCUT2D eigenvalue weighted by atomic mass is 10.0. The summed E-state index contributed by atoms with van der Waals surface area (Å²) >= 11 is 0. The van der Waals surface area contributed by atoms with Crippen LogP contribution in [0.3, 0.4) is 0 Å². The first-order valence-electron chi connectivity index (χ1n) is 32.7. The highest BCUT2D eigenvalue weighted by Gasteiger charge is 2.19. The van der Waals surface area contributed by atoms with Crippen molar-refractivity contribution in [3.63, 3.8) is 0 Å². The molecule has 6 heteroatoms. The van der Waals surface area contributed by atoms with Crippen molar-refractivity contribution in [2.45, 2.75) is 322 Å². The highest BCUT2D eigenvalue weighted by atomic mass is 16.6. The van der Waals surface area contributed by atoms with Gasteiger partial charge >= 0.3 is 17.9 Å². The largest absolute Gasteiger partial charge is 0.462 e. The second-order valence-corrected chi connectivity index (χ2v) is 21.7. The minimum atomic E-state index is -0.793. The van der Waals surface area contributed by atoms with Gasteiger partial charge in [-0.05, 0) is 83.5 Å². The van der Waals surface area contributed by atoms with E-state index in [1.165, 1.54) is 167 Å². The van der Waals surface area contributed by atoms with Crippen molar-refractivity contribution in [1.82, 2.24) is 0 Å². The molecule has 1 atom stereocenters. The van der Waals surface area contributed by atoms with Crippen LogP contribution in [0.2, 0.25) is 0 Å². The third-order valence-electron chi connectivity index (χ3n) is 14.1. The Morgan fingerprint density at radius 1 is 0.273 bits per heavy atom. The standard InChI is InChI=1S/C71H122O6/c1-4-7-10-13-16-19-22-24-26-28-30-32-34-35-36-37-38-40-41-43-45-47-49-52-55-58-61-64-70(73)76-67-68(66-75-69(72)63-60-57-54-51-21-18-15-12-9-6-3)77-71(74)65-62-59-56-53-50-48-46-44-42-39-33-31-29-27-25-23-20-17-14-11-8-5-2/h7,10,16,19,24,26,30,32,35-36,38,40,43,45,49,52,68H,4-6,8-9,11-15,17-18,20-23,25,27-29,31,33-34,37,39,41-42,44,46-48,50-51,53-67H2,1-3H3/b10-7-,19-16-,26-24-,32-30-,36-35-,40-38-,45-43-,52-49-. The van der Waals surface area contributed by atoms with Gasteiger partial charge in [-0.3, -0.25) is 14.4 Å². The molecule has 0 aliphatic rings. The maximum atomic E-state index is 12.9. The molecule has 0 saturated heterocycles. The second-order valence-electron chi connectivity index (χ2n) is 21.7. The third kappa shape index (κ3) is 63.0. The summed E-state index contributed by atoms with van der Waals surface area (Å²) in [5, 5.41) is 0. The summed E-state index contributed by atoms with van der Waals surface area (Å²) in [5.74, 6) is -0.922. The number of allylic oxidation sites excluding steroid dienone is 16. The van der Waals surface area contributed by atoms with Crippen LogP contribution < -0.4 is 0 Å². The lowest BCUT2D eigenvalue weighted by Crippen LogP contribution is -2.30. The number of esters is 3. The summed E-state index contributed by atoms with van der Waals surface area (Å²) in [7, 11) is 0. The molecule has 0 aromatic heterocycles. The van der Waals surface area contributed by atoms with Crippen LogP contribution in [0.25, 0.3) is 0 Å². The summed E-state index contributed by atoms with van der Waals surface area (Å²) in [6, 6.07) is 0. The highest BCUT2D eigenvalue weighted by molar-refractivity contribution is 5.71. The summed E-state index contributed by atoms with van der Waals surface area (Å²) in [4.78, 5) is 38.2. The summed E-state index contributed by atoms with van der Waals surface area (Å²) < 4.78 is 16.9. The van der Waals surface area contributed by atoms with Gasteiger partial charge in [-0.25, -0.2) is 0 Å². The molecule has 0 aromatic carbocycles. The van der Waals surface area contributed by atoms with E-state index in [9.17, 15) is 14.4 Å². The smallest absolute Gasteiger partial charge is 0.306 e. The monoisotopic (exact) mass is 1070 g/mol. The minimum absolute atomic E-state index is 0.0877. The molecule has 0 heterocycles. The van der Waals surface area contributed by atoms with E-state index in [2.05, 4.69) is 118 Å². The van der Waals surface area contributed by atoms with E-state index in [1.807, 2.05) is 0 Å². The molecular weight excluding hydrogens is 949 g/mol. The molecule has 77 heavy (non-hydrogen) atoms. The van der Waals surface area contributed by atoms with Crippen LogP contribution in [0.4, 0.5) is 0 Å². The fraction of sp³-hybridized carbons (Fsp3) is 0.732. The van der Waals surface area contributed by atoms with E-state index in [-0.39, 0.29) is 31.1 Å². The number of ether oxygens (including phenoxy) is 3. The zero-order chi connectivity index (χ0) is 55.7. The van der Waals surface area contributed by atoms with Crippen molar-refractivity contribution >= 4 is 17.9 Å². The van der Waals surface area contributed by atoms with Gasteiger partial charge in [-0.15, -0.1) is 0 Å². The first-order valence-corrected chi connectivity index (χ1v) is 32.7. The quantitative estimate of drug-likeness (QED) is 0.0261. The van der Waals surface area contributed by atoms with E-state index in [0.29, 0.717) is 19.3 Å². The van der Waals surface area contributed by atoms with E-state index in [0.717, 1.165) is 109 Å². The maximum Gasteiger partial charge on any atom is 0.306 e.